The van der Waals surface area contributed by atoms with Gasteiger partial charge in [0.15, 0.2) is 0 Å². The van der Waals surface area contributed by atoms with Gasteiger partial charge in [0.25, 0.3) is 0 Å². The summed E-state index contributed by atoms with van der Waals surface area (Å²) in [4.78, 5) is 3.81. The molecule has 2 aliphatic heterocycles. The highest BCUT2D eigenvalue weighted by Gasteiger charge is 2.52. The summed E-state index contributed by atoms with van der Waals surface area (Å²) < 4.78 is 56.8. The van der Waals surface area contributed by atoms with E-state index in [0.717, 1.165) is 6.07 Å². The molecular formula is C16H21BF3NO3. The molecule has 0 spiro atoms. The zero-order valence-electron chi connectivity index (χ0n) is 14.2. The van der Waals surface area contributed by atoms with E-state index in [9.17, 15) is 13.2 Å². The molecule has 0 radical (unpaired) electrons. The number of pyridine rings is 1. The van der Waals surface area contributed by atoms with Crippen LogP contribution in [0.1, 0.15) is 51.4 Å². The summed E-state index contributed by atoms with van der Waals surface area (Å²) in [5.74, 6) is -0.131. The second-order valence-electron chi connectivity index (χ2n) is 7.36. The van der Waals surface area contributed by atoms with E-state index in [2.05, 4.69) is 4.98 Å². The highest BCUT2D eigenvalue weighted by molar-refractivity contribution is 6.62. The van der Waals surface area contributed by atoms with Crippen LogP contribution >= 0.6 is 0 Å². The first kappa shape index (κ1) is 17.7. The van der Waals surface area contributed by atoms with Crippen LogP contribution in [0.4, 0.5) is 13.2 Å². The van der Waals surface area contributed by atoms with Crippen LogP contribution in [0.25, 0.3) is 0 Å². The van der Waals surface area contributed by atoms with Crippen LogP contribution in [0.2, 0.25) is 0 Å². The number of rotatable bonds is 2. The summed E-state index contributed by atoms with van der Waals surface area (Å²) >= 11 is 0. The highest BCUT2D eigenvalue weighted by Crippen LogP contribution is 2.37. The van der Waals surface area contributed by atoms with Gasteiger partial charge in [0.1, 0.15) is 5.69 Å². The van der Waals surface area contributed by atoms with Crippen LogP contribution in [0.15, 0.2) is 12.1 Å². The lowest BCUT2D eigenvalue weighted by molar-refractivity contribution is -0.141. The Morgan fingerprint density at radius 2 is 1.75 bits per heavy atom. The molecule has 4 nitrogen and oxygen atoms in total. The van der Waals surface area contributed by atoms with Crippen LogP contribution in [0, 0.1) is 0 Å². The van der Waals surface area contributed by atoms with Gasteiger partial charge in [-0.15, -0.1) is 0 Å². The van der Waals surface area contributed by atoms with Crippen molar-refractivity contribution in [2.24, 2.45) is 0 Å². The number of nitrogens with zero attached hydrogens (tertiary/aromatic N) is 1. The van der Waals surface area contributed by atoms with Gasteiger partial charge in [0, 0.05) is 18.2 Å². The Kier molecular flexibility index (Phi) is 4.21. The number of alkyl halides is 3. The Hall–Kier alpha value is -1.12. The maximum Gasteiger partial charge on any atom is 0.494 e. The molecule has 132 valence electrons. The number of aromatic nitrogens is 1. The summed E-state index contributed by atoms with van der Waals surface area (Å²) in [6, 6.07) is 2.66. The van der Waals surface area contributed by atoms with E-state index in [1.54, 1.807) is 6.07 Å². The van der Waals surface area contributed by atoms with Crippen molar-refractivity contribution < 1.29 is 27.2 Å². The molecule has 8 heteroatoms. The Morgan fingerprint density at radius 1 is 1.12 bits per heavy atom. The average Bonchev–Trinajstić information content (AvgIpc) is 3.04. The minimum absolute atomic E-state index is 0.131. The van der Waals surface area contributed by atoms with Crippen molar-refractivity contribution in [1.82, 2.24) is 4.98 Å². The van der Waals surface area contributed by atoms with Crippen molar-refractivity contribution in [1.29, 1.82) is 0 Å². The van der Waals surface area contributed by atoms with E-state index in [1.807, 2.05) is 27.7 Å². The SMILES string of the molecule is CC1(C)OB(c2cc(C3CCOC3)nc(C(F)(F)F)c2)OC1(C)C. The van der Waals surface area contributed by atoms with Gasteiger partial charge in [-0.05, 0) is 51.7 Å². The molecular weight excluding hydrogens is 322 g/mol. The Labute approximate surface area is 139 Å². The largest absolute Gasteiger partial charge is 0.494 e. The first-order valence-electron chi connectivity index (χ1n) is 8.02. The first-order valence-corrected chi connectivity index (χ1v) is 8.02. The van der Waals surface area contributed by atoms with Crippen LogP contribution in [-0.2, 0) is 20.2 Å². The van der Waals surface area contributed by atoms with Crippen LogP contribution in [0.3, 0.4) is 0 Å². The van der Waals surface area contributed by atoms with Crippen molar-refractivity contribution in [3.8, 4) is 0 Å². The van der Waals surface area contributed by atoms with Crippen LogP contribution in [0.5, 0.6) is 0 Å². The molecule has 1 atom stereocenters. The van der Waals surface area contributed by atoms with Gasteiger partial charge in [0.2, 0.25) is 0 Å². The zero-order valence-corrected chi connectivity index (χ0v) is 14.2. The maximum atomic E-state index is 13.3. The molecule has 0 amide bonds. The molecule has 24 heavy (non-hydrogen) atoms. The number of ether oxygens (including phenoxy) is 1. The van der Waals surface area contributed by atoms with Gasteiger partial charge in [0.05, 0.1) is 17.8 Å². The molecule has 0 aromatic carbocycles. The minimum Gasteiger partial charge on any atom is -0.399 e. The highest BCUT2D eigenvalue weighted by atomic mass is 19.4. The predicted molar refractivity (Wildman–Crippen MR) is 83.1 cm³/mol. The third-order valence-electron chi connectivity index (χ3n) is 5.03. The number of hydrogen-bond donors (Lipinski definition) is 0. The molecule has 1 unspecified atom stereocenters. The maximum absolute atomic E-state index is 13.3. The molecule has 2 aliphatic rings. The van der Waals surface area contributed by atoms with E-state index < -0.39 is 30.2 Å². The van der Waals surface area contributed by atoms with Crippen molar-refractivity contribution in [3.63, 3.8) is 0 Å². The van der Waals surface area contributed by atoms with Gasteiger partial charge in [-0.25, -0.2) is 4.98 Å². The molecule has 0 saturated carbocycles. The van der Waals surface area contributed by atoms with Crippen LogP contribution in [-0.4, -0.2) is 36.5 Å². The summed E-state index contributed by atoms with van der Waals surface area (Å²) in [5.41, 5.74) is -1.42. The fraction of sp³-hybridized carbons (Fsp3) is 0.688. The van der Waals surface area contributed by atoms with E-state index in [0.29, 0.717) is 30.8 Å². The van der Waals surface area contributed by atoms with Gasteiger partial charge in [-0.2, -0.15) is 13.2 Å². The number of halogens is 3. The smallest absolute Gasteiger partial charge is 0.399 e. The van der Waals surface area contributed by atoms with Crippen LogP contribution < -0.4 is 5.46 Å². The zero-order chi connectivity index (χ0) is 17.8. The van der Waals surface area contributed by atoms with E-state index in [-0.39, 0.29) is 5.92 Å². The van der Waals surface area contributed by atoms with Gasteiger partial charge < -0.3 is 14.0 Å². The molecule has 1 aromatic rings. The lowest BCUT2D eigenvalue weighted by Crippen LogP contribution is -2.41. The van der Waals surface area contributed by atoms with Gasteiger partial charge >= 0.3 is 13.3 Å². The van der Waals surface area contributed by atoms with Gasteiger partial charge in [-0.3, -0.25) is 0 Å². The molecule has 0 N–H and O–H groups in total. The van der Waals surface area contributed by atoms with E-state index in [1.165, 1.54) is 0 Å². The molecule has 0 aliphatic carbocycles. The standard InChI is InChI=1S/C16H21BF3NO3/c1-14(2)15(3,4)24-17(23-14)11-7-12(10-5-6-22-9-10)21-13(8-11)16(18,19)20/h7-8,10H,5-6,9H2,1-4H3. The Balaban J connectivity index is 2.00. The van der Waals surface area contributed by atoms with E-state index >= 15 is 0 Å². The van der Waals surface area contributed by atoms with Crippen molar-refractivity contribution >= 4 is 12.6 Å². The average molecular weight is 343 g/mol. The molecule has 2 fully saturated rings. The molecule has 3 heterocycles. The second-order valence-corrected chi connectivity index (χ2v) is 7.36. The Bertz CT molecular complexity index is 611. The van der Waals surface area contributed by atoms with E-state index in [4.69, 9.17) is 14.0 Å². The molecule has 1 aromatic heterocycles. The molecule has 2 saturated heterocycles. The quantitative estimate of drug-likeness (QED) is 0.775. The van der Waals surface area contributed by atoms with Crippen molar-refractivity contribution in [3.05, 3.63) is 23.5 Å². The topological polar surface area (TPSA) is 40.6 Å². The lowest BCUT2D eigenvalue weighted by atomic mass is 9.78. The summed E-state index contributed by atoms with van der Waals surface area (Å²) in [7, 11) is -0.847. The monoisotopic (exact) mass is 343 g/mol. The molecule has 0 bridgehead atoms. The lowest BCUT2D eigenvalue weighted by Gasteiger charge is -2.32. The Morgan fingerprint density at radius 3 is 2.25 bits per heavy atom. The summed E-state index contributed by atoms with van der Waals surface area (Å²) in [6.45, 7) is 8.38. The predicted octanol–water partition coefficient (Wildman–Crippen LogP) is 2.90. The summed E-state index contributed by atoms with van der Waals surface area (Å²) in [6.07, 6.45) is -3.86. The third kappa shape index (κ3) is 3.19. The third-order valence-corrected chi connectivity index (χ3v) is 5.03. The normalized spacial score (nSPS) is 26.1. The van der Waals surface area contributed by atoms with Crippen molar-refractivity contribution in [2.75, 3.05) is 13.2 Å². The fourth-order valence-corrected chi connectivity index (χ4v) is 2.81. The summed E-state index contributed by atoms with van der Waals surface area (Å²) in [5, 5.41) is 0. The first-order chi connectivity index (χ1) is 11.0. The second kappa shape index (κ2) is 5.71. The van der Waals surface area contributed by atoms with Gasteiger partial charge in [-0.1, -0.05) is 0 Å². The number of hydrogen-bond acceptors (Lipinski definition) is 4. The molecule has 3 rings (SSSR count). The minimum atomic E-state index is -4.52. The fourth-order valence-electron chi connectivity index (χ4n) is 2.81. The van der Waals surface area contributed by atoms with Crippen molar-refractivity contribution in [2.45, 2.75) is 57.4 Å².